The molecule has 2 aromatic rings. The van der Waals surface area contributed by atoms with Crippen LogP contribution in [0.15, 0.2) is 36.4 Å². The number of hydrogen-bond donors (Lipinski definition) is 0. The van der Waals surface area contributed by atoms with E-state index in [4.69, 9.17) is 0 Å². The van der Waals surface area contributed by atoms with Crippen molar-refractivity contribution in [1.82, 2.24) is 4.90 Å². The van der Waals surface area contributed by atoms with Gasteiger partial charge < -0.3 is 0 Å². The number of unbranched alkanes of at least 4 members (excludes halogenated alkanes) is 8. The van der Waals surface area contributed by atoms with Gasteiger partial charge in [0.15, 0.2) is 0 Å². The lowest BCUT2D eigenvalue weighted by Crippen LogP contribution is -2.38. The zero-order valence-electron chi connectivity index (χ0n) is 18.3. The summed E-state index contributed by atoms with van der Waals surface area (Å²) in [7, 11) is 0. The number of carbonyl (C=O) groups excluding carboxylic acids is 2. The maximum atomic E-state index is 14.2. The molecule has 3 nitrogen and oxygen atoms in total. The molecule has 2 amide bonds. The average Bonchev–Trinajstić information content (AvgIpc) is 2.74. The third kappa shape index (κ3) is 7.46. The monoisotopic (exact) mass is 451 g/mol. The van der Waals surface area contributed by atoms with Crippen molar-refractivity contribution < 1.29 is 27.2 Å². The van der Waals surface area contributed by atoms with Crippen LogP contribution in [0.2, 0.25) is 0 Å². The van der Waals surface area contributed by atoms with Crippen molar-refractivity contribution in [2.24, 2.45) is 0 Å². The van der Waals surface area contributed by atoms with E-state index in [1.165, 1.54) is 25.7 Å². The molecule has 0 aliphatic heterocycles. The average molecular weight is 452 g/mol. The molecule has 7 heteroatoms. The molecule has 0 unspecified atom stereocenters. The van der Waals surface area contributed by atoms with E-state index < -0.39 is 46.2 Å². The van der Waals surface area contributed by atoms with Crippen LogP contribution in [-0.4, -0.2) is 23.3 Å². The van der Waals surface area contributed by atoms with Crippen molar-refractivity contribution in [2.75, 3.05) is 6.54 Å². The molecule has 0 N–H and O–H groups in total. The topological polar surface area (TPSA) is 37.4 Å². The lowest BCUT2D eigenvalue weighted by Gasteiger charge is -2.22. The van der Waals surface area contributed by atoms with Crippen LogP contribution in [0.3, 0.4) is 0 Å². The second-order valence-corrected chi connectivity index (χ2v) is 7.84. The SMILES string of the molecule is CCCCCCCCCCCN(C(=O)c1ccc(F)cc1F)C(=O)c1ccc(F)cc1F. The molecule has 2 rings (SSSR count). The number of halogens is 4. The van der Waals surface area contributed by atoms with Crippen LogP contribution in [0.4, 0.5) is 17.6 Å². The number of hydrogen-bond acceptors (Lipinski definition) is 2. The summed E-state index contributed by atoms with van der Waals surface area (Å²) in [5, 5.41) is 0. The number of nitrogens with zero attached hydrogens (tertiary/aromatic N) is 1. The number of rotatable bonds is 12. The molecule has 0 aliphatic rings. The lowest BCUT2D eigenvalue weighted by atomic mass is 10.1. The van der Waals surface area contributed by atoms with Crippen molar-refractivity contribution in [3.63, 3.8) is 0 Å². The van der Waals surface area contributed by atoms with Crippen molar-refractivity contribution in [3.8, 4) is 0 Å². The first kappa shape index (κ1) is 25.6. The molecule has 0 saturated heterocycles. The molecule has 0 radical (unpaired) electrons. The van der Waals surface area contributed by atoms with Crippen LogP contribution >= 0.6 is 0 Å². The first-order valence-electron chi connectivity index (χ1n) is 11.1. The van der Waals surface area contributed by atoms with Crippen LogP contribution in [-0.2, 0) is 0 Å². The van der Waals surface area contributed by atoms with Gasteiger partial charge in [0.25, 0.3) is 11.8 Å². The Balaban J connectivity index is 2.07. The Hall–Kier alpha value is -2.70. The van der Waals surface area contributed by atoms with E-state index in [0.717, 1.165) is 54.8 Å². The number of amides is 2. The van der Waals surface area contributed by atoms with Crippen LogP contribution in [0.25, 0.3) is 0 Å². The van der Waals surface area contributed by atoms with Gasteiger partial charge in [0.05, 0.1) is 11.1 Å². The fourth-order valence-corrected chi connectivity index (χ4v) is 3.49. The molecule has 2 aromatic carbocycles. The summed E-state index contributed by atoms with van der Waals surface area (Å²) in [5.41, 5.74) is -0.976. The number of imide groups is 1. The van der Waals surface area contributed by atoms with Gasteiger partial charge in [-0.1, -0.05) is 58.3 Å². The predicted molar refractivity (Wildman–Crippen MR) is 115 cm³/mol. The lowest BCUT2D eigenvalue weighted by molar-refractivity contribution is 0.0608. The highest BCUT2D eigenvalue weighted by atomic mass is 19.1. The summed E-state index contributed by atoms with van der Waals surface area (Å²) >= 11 is 0. The van der Waals surface area contributed by atoms with E-state index in [0.29, 0.717) is 18.6 Å². The molecule has 174 valence electrons. The zero-order valence-corrected chi connectivity index (χ0v) is 18.3. The molecule has 0 aromatic heterocycles. The summed E-state index contributed by atoms with van der Waals surface area (Å²) in [4.78, 5) is 26.5. The highest BCUT2D eigenvalue weighted by Gasteiger charge is 2.28. The zero-order chi connectivity index (χ0) is 23.5. The molecular weight excluding hydrogens is 422 g/mol. The van der Waals surface area contributed by atoms with Crippen LogP contribution in [0, 0.1) is 23.3 Å². The minimum Gasteiger partial charge on any atom is -0.274 e. The summed E-state index contributed by atoms with van der Waals surface area (Å²) in [6.45, 7) is 2.10. The van der Waals surface area contributed by atoms with Gasteiger partial charge in [-0.3, -0.25) is 14.5 Å². The van der Waals surface area contributed by atoms with Gasteiger partial charge in [0.1, 0.15) is 23.3 Å². The largest absolute Gasteiger partial charge is 0.274 e. The summed E-state index contributed by atoms with van der Waals surface area (Å²) in [6.07, 6.45) is 9.04. The summed E-state index contributed by atoms with van der Waals surface area (Å²) in [5.74, 6) is -5.92. The molecule has 0 bridgehead atoms. The van der Waals surface area contributed by atoms with Crippen LogP contribution in [0.5, 0.6) is 0 Å². The standard InChI is InChI=1S/C25H29F4NO2/c1-2-3-4-5-6-7-8-9-10-15-30(24(31)20-13-11-18(26)16-22(20)28)25(32)21-14-12-19(27)17-23(21)29/h11-14,16-17H,2-10,15H2,1H3. The number of carbonyl (C=O) groups is 2. The van der Waals surface area contributed by atoms with Gasteiger partial charge in [-0.05, 0) is 30.7 Å². The third-order valence-corrected chi connectivity index (χ3v) is 5.30. The normalized spacial score (nSPS) is 10.9. The fraction of sp³-hybridized carbons (Fsp3) is 0.440. The molecule has 0 saturated carbocycles. The van der Waals surface area contributed by atoms with E-state index >= 15 is 0 Å². The predicted octanol–water partition coefficient (Wildman–Crippen LogP) is 7.06. The van der Waals surface area contributed by atoms with Gasteiger partial charge in [0.2, 0.25) is 0 Å². The van der Waals surface area contributed by atoms with E-state index in [-0.39, 0.29) is 6.54 Å². The Kier molecular flexibility index (Phi) is 10.4. The van der Waals surface area contributed by atoms with Gasteiger partial charge in [-0.15, -0.1) is 0 Å². The Bertz CT molecular complexity index is 853. The van der Waals surface area contributed by atoms with Crippen molar-refractivity contribution in [3.05, 3.63) is 70.8 Å². The van der Waals surface area contributed by atoms with E-state index in [1.807, 2.05) is 0 Å². The Morgan fingerprint density at radius 3 is 1.47 bits per heavy atom. The van der Waals surface area contributed by atoms with E-state index in [2.05, 4.69) is 6.92 Å². The molecule has 0 aliphatic carbocycles. The summed E-state index contributed by atoms with van der Waals surface area (Å²) in [6, 6.07) is 4.82. The van der Waals surface area contributed by atoms with Crippen LogP contribution in [0.1, 0.15) is 85.4 Å². The van der Waals surface area contributed by atoms with Gasteiger partial charge in [-0.2, -0.15) is 0 Å². The van der Waals surface area contributed by atoms with Gasteiger partial charge in [-0.25, -0.2) is 17.6 Å². The molecule has 0 heterocycles. The maximum Gasteiger partial charge on any atom is 0.263 e. The fourth-order valence-electron chi connectivity index (χ4n) is 3.49. The highest BCUT2D eigenvalue weighted by Crippen LogP contribution is 2.19. The molecule has 32 heavy (non-hydrogen) atoms. The maximum absolute atomic E-state index is 14.2. The van der Waals surface area contributed by atoms with Gasteiger partial charge >= 0.3 is 0 Å². The Morgan fingerprint density at radius 1 is 0.656 bits per heavy atom. The van der Waals surface area contributed by atoms with Crippen molar-refractivity contribution >= 4 is 11.8 Å². The second kappa shape index (κ2) is 13.0. The van der Waals surface area contributed by atoms with Gasteiger partial charge in [0, 0.05) is 18.7 Å². The van der Waals surface area contributed by atoms with E-state index in [9.17, 15) is 27.2 Å². The Labute approximate surface area is 186 Å². The third-order valence-electron chi connectivity index (χ3n) is 5.30. The van der Waals surface area contributed by atoms with Crippen molar-refractivity contribution in [2.45, 2.75) is 64.7 Å². The molecular formula is C25H29F4NO2. The Morgan fingerprint density at radius 2 is 1.06 bits per heavy atom. The second-order valence-electron chi connectivity index (χ2n) is 7.84. The first-order chi connectivity index (χ1) is 15.3. The van der Waals surface area contributed by atoms with E-state index in [1.54, 1.807) is 0 Å². The number of benzene rings is 2. The highest BCUT2D eigenvalue weighted by molar-refractivity contribution is 6.10. The molecule has 0 atom stereocenters. The quantitative estimate of drug-likeness (QED) is 0.197. The molecule has 0 fully saturated rings. The minimum absolute atomic E-state index is 0.0544. The minimum atomic E-state index is -1.11. The molecule has 0 spiro atoms. The summed E-state index contributed by atoms with van der Waals surface area (Å²) < 4.78 is 54.8. The first-order valence-corrected chi connectivity index (χ1v) is 11.1. The van der Waals surface area contributed by atoms with Crippen LogP contribution < -0.4 is 0 Å². The smallest absolute Gasteiger partial charge is 0.263 e. The van der Waals surface area contributed by atoms with Crippen molar-refractivity contribution in [1.29, 1.82) is 0 Å².